The fourth-order valence-electron chi connectivity index (χ4n) is 1.78. The summed E-state index contributed by atoms with van der Waals surface area (Å²) in [7, 11) is -3.42. The molecule has 0 saturated carbocycles. The first-order valence-corrected chi connectivity index (χ1v) is 8.49. The van der Waals surface area contributed by atoms with Crippen LogP contribution in [0, 0.1) is 12.7 Å². The van der Waals surface area contributed by atoms with Crippen LogP contribution in [0.4, 0.5) is 4.39 Å². The van der Waals surface area contributed by atoms with Crippen molar-refractivity contribution < 1.29 is 17.3 Å². The summed E-state index contributed by atoms with van der Waals surface area (Å²) >= 11 is 0. The van der Waals surface area contributed by atoms with E-state index in [1.165, 1.54) is 13.0 Å². The number of hydrogen-bond acceptors (Lipinski definition) is 5. The molecule has 0 saturated heterocycles. The lowest BCUT2D eigenvalue weighted by Crippen LogP contribution is -2.13. The van der Waals surface area contributed by atoms with Crippen LogP contribution in [0.1, 0.15) is 30.6 Å². The Kier molecular flexibility index (Phi) is 4.75. The van der Waals surface area contributed by atoms with Crippen molar-refractivity contribution in [3.8, 4) is 11.4 Å². The average Bonchev–Trinajstić information content (AvgIpc) is 2.97. The van der Waals surface area contributed by atoms with Gasteiger partial charge in [-0.2, -0.15) is 4.98 Å². The summed E-state index contributed by atoms with van der Waals surface area (Å²) in [5.41, 5.74) is 0.950. The lowest BCUT2D eigenvalue weighted by atomic mass is 10.1. The maximum absolute atomic E-state index is 13.6. The van der Waals surface area contributed by atoms with Crippen LogP contribution in [0.3, 0.4) is 0 Å². The highest BCUT2D eigenvalue weighted by Crippen LogP contribution is 2.25. The van der Waals surface area contributed by atoms with Crippen molar-refractivity contribution in [3.05, 3.63) is 47.6 Å². The van der Waals surface area contributed by atoms with Crippen LogP contribution in [0.15, 0.2) is 34.9 Å². The first kappa shape index (κ1) is 16.4. The van der Waals surface area contributed by atoms with Gasteiger partial charge in [0.05, 0.1) is 5.75 Å². The van der Waals surface area contributed by atoms with E-state index in [1.807, 2.05) is 0 Å². The number of hydrogen-bond donors (Lipinski definition) is 0. The van der Waals surface area contributed by atoms with Crippen LogP contribution < -0.4 is 0 Å². The van der Waals surface area contributed by atoms with Gasteiger partial charge in [-0.1, -0.05) is 29.4 Å². The fourth-order valence-corrected chi connectivity index (χ4v) is 2.93. The summed E-state index contributed by atoms with van der Waals surface area (Å²) in [5.74, 6) is -0.304. The molecule has 0 aliphatic heterocycles. The Balaban J connectivity index is 2.29. The molecule has 0 aliphatic rings. The highest BCUT2D eigenvalue weighted by Gasteiger charge is 2.27. The zero-order valence-corrected chi connectivity index (χ0v) is 13.4. The van der Waals surface area contributed by atoms with E-state index in [1.54, 1.807) is 38.1 Å². The van der Waals surface area contributed by atoms with Crippen molar-refractivity contribution in [1.82, 2.24) is 10.1 Å². The van der Waals surface area contributed by atoms with Crippen molar-refractivity contribution in [2.24, 2.45) is 0 Å². The van der Waals surface area contributed by atoms with Gasteiger partial charge in [-0.25, -0.2) is 12.8 Å². The fraction of sp³-hybridized carbons (Fsp3) is 0.333. The standard InChI is InChI=1S/C15H17FN2O3S/c1-4-5-8-22(19,20)11(3)15-17-14(18-21-15)12-7-6-10(2)13(16)9-12/h4-7,9,11H,8H2,1-3H3/b5-4+. The van der Waals surface area contributed by atoms with Gasteiger partial charge in [-0.05, 0) is 32.4 Å². The van der Waals surface area contributed by atoms with Gasteiger partial charge in [0, 0.05) is 5.56 Å². The van der Waals surface area contributed by atoms with Gasteiger partial charge < -0.3 is 4.52 Å². The van der Waals surface area contributed by atoms with Crippen LogP contribution in [0.5, 0.6) is 0 Å². The van der Waals surface area contributed by atoms with Crippen molar-refractivity contribution in [2.45, 2.75) is 26.0 Å². The lowest BCUT2D eigenvalue weighted by Gasteiger charge is -2.05. The molecule has 0 spiro atoms. The van der Waals surface area contributed by atoms with Gasteiger partial charge in [0.25, 0.3) is 0 Å². The summed E-state index contributed by atoms with van der Waals surface area (Å²) in [6, 6.07) is 4.56. The molecule has 0 bridgehead atoms. The number of nitrogens with zero attached hydrogens (tertiary/aromatic N) is 2. The Labute approximate surface area is 128 Å². The molecule has 2 rings (SSSR count). The molecule has 1 aromatic carbocycles. The number of aromatic nitrogens is 2. The Hall–Kier alpha value is -2.02. The molecule has 0 aliphatic carbocycles. The molecular weight excluding hydrogens is 307 g/mol. The van der Waals surface area contributed by atoms with Crippen LogP contribution in [0.2, 0.25) is 0 Å². The molecule has 0 amide bonds. The van der Waals surface area contributed by atoms with Gasteiger partial charge in [0.1, 0.15) is 11.1 Å². The molecule has 5 nitrogen and oxygen atoms in total. The summed E-state index contributed by atoms with van der Waals surface area (Å²) in [6.07, 6.45) is 3.22. The minimum atomic E-state index is -3.42. The Bertz CT molecular complexity index is 797. The number of halogens is 1. The van der Waals surface area contributed by atoms with Crippen LogP contribution >= 0.6 is 0 Å². The van der Waals surface area contributed by atoms with Gasteiger partial charge >= 0.3 is 0 Å². The predicted molar refractivity (Wildman–Crippen MR) is 81.4 cm³/mol. The minimum absolute atomic E-state index is 0.000450. The molecule has 1 atom stereocenters. The summed E-state index contributed by atoms with van der Waals surface area (Å²) in [5, 5.41) is 2.82. The molecule has 1 aromatic heterocycles. The minimum Gasteiger partial charge on any atom is -0.338 e. The van der Waals surface area contributed by atoms with E-state index in [0.717, 1.165) is 0 Å². The topological polar surface area (TPSA) is 73.1 Å². The third-order valence-electron chi connectivity index (χ3n) is 3.32. The van der Waals surface area contributed by atoms with E-state index in [4.69, 9.17) is 4.52 Å². The zero-order valence-electron chi connectivity index (χ0n) is 12.6. The Morgan fingerprint density at radius 2 is 2.14 bits per heavy atom. The monoisotopic (exact) mass is 324 g/mol. The molecule has 1 unspecified atom stereocenters. The van der Waals surface area contributed by atoms with E-state index in [0.29, 0.717) is 11.1 Å². The maximum Gasteiger partial charge on any atom is 0.245 e. The number of benzene rings is 1. The van der Waals surface area contributed by atoms with E-state index in [9.17, 15) is 12.8 Å². The summed E-state index contributed by atoms with van der Waals surface area (Å²) in [6.45, 7) is 4.89. The predicted octanol–water partition coefficient (Wildman–Crippen LogP) is 3.24. The molecule has 1 heterocycles. The third kappa shape index (κ3) is 3.41. The van der Waals surface area contributed by atoms with Crippen molar-refractivity contribution in [2.75, 3.05) is 5.75 Å². The molecular formula is C15H17FN2O3S. The first-order chi connectivity index (χ1) is 10.3. The van der Waals surface area contributed by atoms with Gasteiger partial charge in [0.2, 0.25) is 11.7 Å². The van der Waals surface area contributed by atoms with Crippen molar-refractivity contribution in [1.29, 1.82) is 0 Å². The van der Waals surface area contributed by atoms with Crippen LogP contribution in [-0.4, -0.2) is 24.3 Å². The maximum atomic E-state index is 13.6. The third-order valence-corrected chi connectivity index (χ3v) is 5.26. The molecule has 2 aromatic rings. The SMILES string of the molecule is C/C=C/CS(=O)(=O)C(C)c1nc(-c2ccc(C)c(F)c2)no1. The van der Waals surface area contributed by atoms with Crippen molar-refractivity contribution >= 4 is 9.84 Å². The number of aryl methyl sites for hydroxylation is 1. The molecule has 7 heteroatoms. The molecule has 0 fully saturated rings. The zero-order chi connectivity index (χ0) is 16.3. The number of rotatable bonds is 5. The van der Waals surface area contributed by atoms with Gasteiger partial charge in [-0.15, -0.1) is 0 Å². The molecule has 22 heavy (non-hydrogen) atoms. The smallest absolute Gasteiger partial charge is 0.245 e. The van der Waals surface area contributed by atoms with Crippen molar-refractivity contribution in [3.63, 3.8) is 0 Å². The molecule has 0 N–H and O–H groups in total. The summed E-state index contributed by atoms with van der Waals surface area (Å²) in [4.78, 5) is 4.08. The van der Waals surface area contributed by atoms with Gasteiger partial charge in [-0.3, -0.25) is 0 Å². The average molecular weight is 324 g/mol. The second-order valence-electron chi connectivity index (χ2n) is 4.96. The Morgan fingerprint density at radius 1 is 1.41 bits per heavy atom. The first-order valence-electron chi connectivity index (χ1n) is 6.78. The Morgan fingerprint density at radius 3 is 2.77 bits per heavy atom. The van der Waals surface area contributed by atoms with E-state index < -0.39 is 15.1 Å². The van der Waals surface area contributed by atoms with Crippen LogP contribution in [0.25, 0.3) is 11.4 Å². The van der Waals surface area contributed by atoms with Gasteiger partial charge in [0.15, 0.2) is 9.84 Å². The van der Waals surface area contributed by atoms with E-state index in [2.05, 4.69) is 10.1 Å². The molecule has 118 valence electrons. The number of allylic oxidation sites excluding steroid dienone is 1. The van der Waals surface area contributed by atoms with Crippen LogP contribution in [-0.2, 0) is 9.84 Å². The number of sulfone groups is 1. The highest BCUT2D eigenvalue weighted by molar-refractivity contribution is 7.91. The highest BCUT2D eigenvalue weighted by atomic mass is 32.2. The second kappa shape index (κ2) is 6.39. The normalized spacial score (nSPS) is 13.6. The largest absolute Gasteiger partial charge is 0.338 e. The van der Waals surface area contributed by atoms with E-state index in [-0.39, 0.29) is 23.3 Å². The quantitative estimate of drug-likeness (QED) is 0.789. The van der Waals surface area contributed by atoms with E-state index >= 15 is 0 Å². The molecule has 0 radical (unpaired) electrons. The summed E-state index contributed by atoms with van der Waals surface area (Å²) < 4.78 is 42.8. The lowest BCUT2D eigenvalue weighted by molar-refractivity contribution is 0.377. The second-order valence-corrected chi connectivity index (χ2v) is 7.33.